The molecule has 0 amide bonds. The summed E-state index contributed by atoms with van der Waals surface area (Å²) in [5.74, 6) is -0.244. The molecule has 1 aromatic heterocycles. The van der Waals surface area contributed by atoms with E-state index in [1.54, 1.807) is 23.8 Å². The van der Waals surface area contributed by atoms with Gasteiger partial charge in [-0.3, -0.25) is 0 Å². The SMILES string of the molecule is CCOC(=O)c1ccn(COCc2ccccc2)c1N=N. The Bertz CT molecular complexity index is 608. The number of aromatic nitrogens is 1. The van der Waals surface area contributed by atoms with Crippen molar-refractivity contribution in [2.24, 2.45) is 5.11 Å². The van der Waals surface area contributed by atoms with Gasteiger partial charge in [0.25, 0.3) is 0 Å². The molecule has 0 spiro atoms. The highest BCUT2D eigenvalue weighted by Gasteiger charge is 2.16. The molecule has 2 rings (SSSR count). The molecule has 0 atom stereocenters. The van der Waals surface area contributed by atoms with Crippen LogP contribution < -0.4 is 0 Å². The van der Waals surface area contributed by atoms with Gasteiger partial charge >= 0.3 is 5.97 Å². The largest absolute Gasteiger partial charge is 0.462 e. The summed E-state index contributed by atoms with van der Waals surface area (Å²) in [5, 5.41) is 3.39. The van der Waals surface area contributed by atoms with Crippen molar-refractivity contribution in [1.29, 1.82) is 5.53 Å². The van der Waals surface area contributed by atoms with Gasteiger partial charge in [-0.15, -0.1) is 5.11 Å². The average molecular weight is 287 g/mol. The summed E-state index contributed by atoms with van der Waals surface area (Å²) < 4.78 is 12.1. The van der Waals surface area contributed by atoms with Crippen molar-refractivity contribution in [2.45, 2.75) is 20.3 Å². The first-order chi connectivity index (χ1) is 10.3. The smallest absolute Gasteiger partial charge is 0.342 e. The number of nitrogens with one attached hydrogen (secondary N) is 1. The molecular formula is C15H17N3O3. The van der Waals surface area contributed by atoms with Gasteiger partial charge in [0, 0.05) is 6.20 Å². The Kier molecular flexibility index (Phi) is 5.22. The second kappa shape index (κ2) is 7.35. The maximum Gasteiger partial charge on any atom is 0.342 e. The van der Waals surface area contributed by atoms with Crippen molar-refractivity contribution >= 4 is 11.8 Å². The van der Waals surface area contributed by atoms with E-state index >= 15 is 0 Å². The fourth-order valence-corrected chi connectivity index (χ4v) is 1.90. The van der Waals surface area contributed by atoms with Crippen LogP contribution in [0.3, 0.4) is 0 Å². The quantitative estimate of drug-likeness (QED) is 0.625. The highest BCUT2D eigenvalue weighted by Crippen LogP contribution is 2.22. The molecule has 1 N–H and O–H groups in total. The normalized spacial score (nSPS) is 10.3. The molecule has 1 aromatic carbocycles. The Labute approximate surface area is 122 Å². The van der Waals surface area contributed by atoms with Crippen LogP contribution in [-0.4, -0.2) is 17.1 Å². The lowest BCUT2D eigenvalue weighted by atomic mass is 10.2. The van der Waals surface area contributed by atoms with Crippen LogP contribution in [0.1, 0.15) is 22.8 Å². The van der Waals surface area contributed by atoms with Crippen LogP contribution in [0.5, 0.6) is 0 Å². The first-order valence-electron chi connectivity index (χ1n) is 6.61. The Morgan fingerprint density at radius 3 is 2.71 bits per heavy atom. The third-order valence-corrected chi connectivity index (χ3v) is 2.88. The van der Waals surface area contributed by atoms with Gasteiger partial charge in [-0.05, 0) is 18.6 Å². The Hall–Kier alpha value is -2.47. The van der Waals surface area contributed by atoms with Crippen molar-refractivity contribution in [1.82, 2.24) is 4.57 Å². The number of hydrogen-bond donors (Lipinski definition) is 1. The molecule has 0 aliphatic heterocycles. The lowest BCUT2D eigenvalue weighted by Crippen LogP contribution is -2.05. The minimum Gasteiger partial charge on any atom is -0.462 e. The van der Waals surface area contributed by atoms with Gasteiger partial charge in [0.15, 0.2) is 5.82 Å². The van der Waals surface area contributed by atoms with Crippen molar-refractivity contribution in [3.05, 3.63) is 53.7 Å². The Balaban J connectivity index is 2.00. The van der Waals surface area contributed by atoms with Crippen LogP contribution in [0.2, 0.25) is 0 Å². The number of rotatable bonds is 7. The van der Waals surface area contributed by atoms with E-state index in [-0.39, 0.29) is 24.7 Å². The number of nitrogens with zero attached hydrogens (tertiary/aromatic N) is 2. The first-order valence-corrected chi connectivity index (χ1v) is 6.61. The van der Waals surface area contributed by atoms with E-state index in [1.165, 1.54) is 0 Å². The number of hydrogen-bond acceptors (Lipinski definition) is 5. The van der Waals surface area contributed by atoms with E-state index < -0.39 is 5.97 Å². The fraction of sp³-hybridized carbons (Fsp3) is 0.267. The second-order valence-corrected chi connectivity index (χ2v) is 4.32. The molecule has 21 heavy (non-hydrogen) atoms. The number of carbonyl (C=O) groups is 1. The molecule has 0 aliphatic carbocycles. The molecular weight excluding hydrogens is 270 g/mol. The van der Waals surface area contributed by atoms with Crippen LogP contribution >= 0.6 is 0 Å². The highest BCUT2D eigenvalue weighted by atomic mass is 16.5. The van der Waals surface area contributed by atoms with Gasteiger partial charge in [-0.2, -0.15) is 0 Å². The van der Waals surface area contributed by atoms with Crippen LogP contribution in [-0.2, 0) is 22.8 Å². The van der Waals surface area contributed by atoms with E-state index in [1.807, 2.05) is 30.3 Å². The second-order valence-electron chi connectivity index (χ2n) is 4.32. The van der Waals surface area contributed by atoms with Crippen molar-refractivity contribution in [2.75, 3.05) is 6.61 Å². The molecule has 6 nitrogen and oxygen atoms in total. The standard InChI is InChI=1S/C15H17N3O3/c1-2-21-15(19)13-8-9-18(14(13)17-16)11-20-10-12-6-4-3-5-7-12/h3-9,16H,2,10-11H2,1H3. The summed E-state index contributed by atoms with van der Waals surface area (Å²) in [7, 11) is 0. The minimum absolute atomic E-state index is 0.214. The maximum atomic E-state index is 11.7. The van der Waals surface area contributed by atoms with E-state index in [4.69, 9.17) is 15.0 Å². The minimum atomic E-state index is -0.481. The number of esters is 1. The van der Waals surface area contributed by atoms with Gasteiger partial charge in [-0.25, -0.2) is 10.3 Å². The lowest BCUT2D eigenvalue weighted by Gasteiger charge is -2.08. The summed E-state index contributed by atoms with van der Waals surface area (Å²) in [5.41, 5.74) is 8.54. The molecule has 6 heteroatoms. The van der Waals surface area contributed by atoms with Crippen LogP contribution in [0.4, 0.5) is 5.82 Å². The zero-order valence-electron chi connectivity index (χ0n) is 11.8. The summed E-state index contributed by atoms with van der Waals surface area (Å²) in [4.78, 5) is 11.7. The van der Waals surface area contributed by atoms with E-state index in [0.717, 1.165) is 5.56 Å². The van der Waals surface area contributed by atoms with Crippen LogP contribution in [0.25, 0.3) is 0 Å². The fourth-order valence-electron chi connectivity index (χ4n) is 1.90. The third kappa shape index (κ3) is 3.76. The molecule has 0 fully saturated rings. The van der Waals surface area contributed by atoms with Crippen molar-refractivity contribution in [3.8, 4) is 0 Å². The predicted octanol–water partition coefficient (Wildman–Crippen LogP) is 3.50. The van der Waals surface area contributed by atoms with Crippen molar-refractivity contribution < 1.29 is 14.3 Å². The average Bonchev–Trinajstić information content (AvgIpc) is 2.91. The Morgan fingerprint density at radius 1 is 1.29 bits per heavy atom. The number of carbonyl (C=O) groups excluding carboxylic acids is 1. The topological polar surface area (TPSA) is 76.7 Å². The van der Waals surface area contributed by atoms with Gasteiger partial charge < -0.3 is 14.0 Å². The van der Waals surface area contributed by atoms with E-state index in [0.29, 0.717) is 6.61 Å². The molecule has 2 aromatic rings. The summed E-state index contributed by atoms with van der Waals surface area (Å²) in [6.07, 6.45) is 1.66. The van der Waals surface area contributed by atoms with Gasteiger partial charge in [-0.1, -0.05) is 30.3 Å². The zero-order chi connectivity index (χ0) is 15.1. The van der Waals surface area contributed by atoms with Crippen LogP contribution in [0, 0.1) is 5.53 Å². The molecule has 0 aliphatic rings. The molecule has 0 radical (unpaired) electrons. The van der Waals surface area contributed by atoms with Crippen LogP contribution in [0.15, 0.2) is 47.7 Å². The van der Waals surface area contributed by atoms with Crippen molar-refractivity contribution in [3.63, 3.8) is 0 Å². The molecule has 0 unspecified atom stereocenters. The Morgan fingerprint density at radius 2 is 2.05 bits per heavy atom. The predicted molar refractivity (Wildman–Crippen MR) is 76.4 cm³/mol. The summed E-state index contributed by atoms with van der Waals surface area (Å²) >= 11 is 0. The maximum absolute atomic E-state index is 11.7. The number of benzene rings is 1. The summed E-state index contributed by atoms with van der Waals surface area (Å²) in [6.45, 7) is 2.68. The molecule has 0 saturated heterocycles. The molecule has 1 heterocycles. The number of ether oxygens (including phenoxy) is 2. The van der Waals surface area contributed by atoms with Gasteiger partial charge in [0.1, 0.15) is 12.3 Å². The summed E-state index contributed by atoms with van der Waals surface area (Å²) in [6, 6.07) is 11.3. The monoisotopic (exact) mass is 287 g/mol. The van der Waals surface area contributed by atoms with E-state index in [2.05, 4.69) is 5.11 Å². The third-order valence-electron chi connectivity index (χ3n) is 2.88. The zero-order valence-corrected chi connectivity index (χ0v) is 11.8. The molecule has 0 saturated carbocycles. The molecule has 0 bridgehead atoms. The lowest BCUT2D eigenvalue weighted by molar-refractivity contribution is 0.0524. The first kappa shape index (κ1) is 14.9. The highest BCUT2D eigenvalue weighted by molar-refractivity contribution is 5.94. The van der Waals surface area contributed by atoms with E-state index in [9.17, 15) is 4.79 Å². The molecule has 110 valence electrons. The van der Waals surface area contributed by atoms with Gasteiger partial charge in [0.05, 0.1) is 13.2 Å². The van der Waals surface area contributed by atoms with Gasteiger partial charge in [0.2, 0.25) is 0 Å².